The van der Waals surface area contributed by atoms with Crippen molar-refractivity contribution < 1.29 is 4.39 Å². The van der Waals surface area contributed by atoms with Crippen LogP contribution < -0.4 is 5.73 Å². The van der Waals surface area contributed by atoms with Gasteiger partial charge in [-0.1, -0.05) is 49.5 Å². The largest absolute Gasteiger partial charge is 0.320 e. The lowest BCUT2D eigenvalue weighted by atomic mass is 9.99. The van der Waals surface area contributed by atoms with Gasteiger partial charge >= 0.3 is 0 Å². The summed E-state index contributed by atoms with van der Waals surface area (Å²) in [7, 11) is 0. The average molecular weight is 393 g/mol. The molecule has 2 aromatic carbocycles. The van der Waals surface area contributed by atoms with E-state index in [1.807, 2.05) is 18.2 Å². The van der Waals surface area contributed by atoms with Gasteiger partial charge in [0.25, 0.3) is 0 Å². The van der Waals surface area contributed by atoms with Crippen LogP contribution >= 0.6 is 43.5 Å². The van der Waals surface area contributed by atoms with E-state index < -0.39 is 6.04 Å². The molecule has 0 aliphatic carbocycles. The lowest BCUT2D eigenvalue weighted by Gasteiger charge is -2.16. The fourth-order valence-electron chi connectivity index (χ4n) is 1.67. The van der Waals surface area contributed by atoms with Crippen molar-refractivity contribution >= 4 is 43.5 Å². The van der Waals surface area contributed by atoms with Crippen molar-refractivity contribution in [1.29, 1.82) is 0 Å². The second-order valence-corrected chi connectivity index (χ2v) is 5.99. The van der Waals surface area contributed by atoms with Gasteiger partial charge in [-0.3, -0.25) is 0 Å². The number of halogens is 4. The van der Waals surface area contributed by atoms with Gasteiger partial charge in [0.2, 0.25) is 0 Å². The van der Waals surface area contributed by atoms with Gasteiger partial charge in [0.05, 0.1) is 6.04 Å². The van der Waals surface area contributed by atoms with Crippen molar-refractivity contribution in [2.45, 2.75) is 6.04 Å². The SMILES string of the molecule is NC(c1cc(F)ccc1Cl)c1ccc(Br)cc1Br. The number of rotatable bonds is 2. The minimum absolute atomic E-state index is 0.349. The van der Waals surface area contributed by atoms with E-state index in [2.05, 4.69) is 31.9 Å². The topological polar surface area (TPSA) is 26.0 Å². The van der Waals surface area contributed by atoms with Gasteiger partial charge in [-0.05, 0) is 41.5 Å². The molecule has 1 nitrogen and oxygen atoms in total. The number of hydrogen-bond acceptors (Lipinski definition) is 1. The summed E-state index contributed by atoms with van der Waals surface area (Å²) in [6, 6.07) is 9.36. The first-order chi connectivity index (χ1) is 8.49. The van der Waals surface area contributed by atoms with E-state index in [1.165, 1.54) is 18.2 Å². The summed E-state index contributed by atoms with van der Waals surface area (Å²) in [6.45, 7) is 0. The Kier molecular flexibility index (Phi) is 4.43. The molecule has 1 atom stereocenters. The number of hydrogen-bond donors (Lipinski definition) is 1. The van der Waals surface area contributed by atoms with Crippen LogP contribution in [0.25, 0.3) is 0 Å². The zero-order valence-electron chi connectivity index (χ0n) is 9.13. The number of benzene rings is 2. The quantitative estimate of drug-likeness (QED) is 0.759. The molecule has 1 unspecified atom stereocenters. The maximum atomic E-state index is 13.3. The fraction of sp³-hybridized carbons (Fsp3) is 0.0769. The van der Waals surface area contributed by atoms with E-state index in [-0.39, 0.29) is 5.82 Å². The van der Waals surface area contributed by atoms with Gasteiger partial charge < -0.3 is 5.73 Å². The molecule has 0 aromatic heterocycles. The van der Waals surface area contributed by atoms with E-state index in [0.717, 1.165) is 14.5 Å². The summed E-state index contributed by atoms with van der Waals surface area (Å²) >= 11 is 12.9. The molecule has 0 bridgehead atoms. The zero-order valence-corrected chi connectivity index (χ0v) is 13.1. The Morgan fingerprint density at radius 2 is 1.78 bits per heavy atom. The summed E-state index contributed by atoms with van der Waals surface area (Å²) in [5.41, 5.74) is 7.56. The van der Waals surface area contributed by atoms with Crippen LogP contribution in [0, 0.1) is 5.82 Å². The van der Waals surface area contributed by atoms with Crippen LogP contribution in [0.15, 0.2) is 45.3 Å². The predicted molar refractivity (Wildman–Crippen MR) is 79.3 cm³/mol. The Balaban J connectivity index is 2.47. The number of nitrogens with two attached hydrogens (primary N) is 1. The van der Waals surface area contributed by atoms with E-state index >= 15 is 0 Å². The van der Waals surface area contributed by atoms with Gasteiger partial charge in [-0.2, -0.15) is 0 Å². The van der Waals surface area contributed by atoms with Crippen LogP contribution in [-0.2, 0) is 0 Å². The molecule has 0 saturated carbocycles. The molecule has 0 saturated heterocycles. The molecule has 0 heterocycles. The molecule has 0 spiro atoms. The molecule has 94 valence electrons. The maximum absolute atomic E-state index is 13.3. The molecule has 0 amide bonds. The Morgan fingerprint density at radius 1 is 1.06 bits per heavy atom. The van der Waals surface area contributed by atoms with E-state index in [0.29, 0.717) is 10.6 Å². The molecule has 0 fully saturated rings. The van der Waals surface area contributed by atoms with Crippen LogP contribution in [-0.4, -0.2) is 0 Å². The van der Waals surface area contributed by atoms with Crippen LogP contribution in [0.4, 0.5) is 4.39 Å². The smallest absolute Gasteiger partial charge is 0.123 e. The monoisotopic (exact) mass is 391 g/mol. The second-order valence-electron chi connectivity index (χ2n) is 3.81. The highest BCUT2D eigenvalue weighted by Crippen LogP contribution is 2.32. The molecule has 2 aromatic rings. The molecule has 0 aliphatic rings. The third-order valence-corrected chi connectivity index (χ3v) is 4.11. The Hall–Kier alpha value is -0.420. The van der Waals surface area contributed by atoms with Crippen molar-refractivity contribution in [2.24, 2.45) is 5.73 Å². The Morgan fingerprint density at radius 3 is 2.44 bits per heavy atom. The highest BCUT2D eigenvalue weighted by atomic mass is 79.9. The van der Waals surface area contributed by atoms with E-state index in [1.54, 1.807) is 0 Å². The molecule has 2 rings (SSSR count). The fourth-order valence-corrected chi connectivity index (χ4v) is 3.20. The average Bonchev–Trinajstić information content (AvgIpc) is 2.31. The summed E-state index contributed by atoms with van der Waals surface area (Å²) in [5.74, 6) is -0.349. The molecule has 0 aliphatic heterocycles. The van der Waals surface area contributed by atoms with Crippen molar-refractivity contribution in [2.75, 3.05) is 0 Å². The van der Waals surface area contributed by atoms with Gasteiger partial charge in [0.15, 0.2) is 0 Å². The molecule has 18 heavy (non-hydrogen) atoms. The lowest BCUT2D eigenvalue weighted by Crippen LogP contribution is -2.13. The van der Waals surface area contributed by atoms with Crippen LogP contribution in [0.2, 0.25) is 5.02 Å². The molecule has 5 heteroatoms. The lowest BCUT2D eigenvalue weighted by molar-refractivity contribution is 0.623. The van der Waals surface area contributed by atoms with Crippen LogP contribution in [0.1, 0.15) is 17.2 Å². The zero-order chi connectivity index (χ0) is 13.3. The van der Waals surface area contributed by atoms with Gasteiger partial charge in [-0.25, -0.2) is 4.39 Å². The van der Waals surface area contributed by atoms with Gasteiger partial charge in [-0.15, -0.1) is 0 Å². The highest BCUT2D eigenvalue weighted by molar-refractivity contribution is 9.11. The molecular formula is C13H9Br2ClFN. The minimum atomic E-state index is -0.476. The van der Waals surface area contributed by atoms with Crippen LogP contribution in [0.5, 0.6) is 0 Å². The van der Waals surface area contributed by atoms with Crippen molar-refractivity contribution in [1.82, 2.24) is 0 Å². The Labute approximate surface area is 126 Å². The first kappa shape index (κ1) is 14.0. The molecule has 2 N–H and O–H groups in total. The van der Waals surface area contributed by atoms with Gasteiger partial charge in [0, 0.05) is 14.0 Å². The summed E-state index contributed by atoms with van der Waals surface area (Å²) in [4.78, 5) is 0. The van der Waals surface area contributed by atoms with Crippen molar-refractivity contribution in [3.63, 3.8) is 0 Å². The summed E-state index contributed by atoms with van der Waals surface area (Å²) in [6.07, 6.45) is 0. The van der Waals surface area contributed by atoms with Gasteiger partial charge in [0.1, 0.15) is 5.82 Å². The van der Waals surface area contributed by atoms with Crippen LogP contribution in [0.3, 0.4) is 0 Å². The predicted octanol–water partition coefficient (Wildman–Crippen LogP) is 5.05. The minimum Gasteiger partial charge on any atom is -0.320 e. The first-order valence-electron chi connectivity index (χ1n) is 5.14. The van der Waals surface area contributed by atoms with Crippen molar-refractivity contribution in [3.05, 3.63) is 67.3 Å². The molecular weight excluding hydrogens is 384 g/mol. The van der Waals surface area contributed by atoms with E-state index in [9.17, 15) is 4.39 Å². The third kappa shape index (κ3) is 2.94. The standard InChI is InChI=1S/C13H9Br2ClFN/c14-7-1-3-9(11(15)5-7)13(18)10-6-8(17)2-4-12(10)16/h1-6,13H,18H2. The van der Waals surface area contributed by atoms with E-state index in [4.69, 9.17) is 17.3 Å². The molecule has 0 radical (unpaired) electrons. The third-order valence-electron chi connectivity index (χ3n) is 2.59. The maximum Gasteiger partial charge on any atom is 0.123 e. The first-order valence-corrected chi connectivity index (χ1v) is 7.11. The normalized spacial score (nSPS) is 12.5. The summed E-state index contributed by atoms with van der Waals surface area (Å²) in [5, 5.41) is 0.457. The van der Waals surface area contributed by atoms with Crippen molar-refractivity contribution in [3.8, 4) is 0 Å². The Bertz CT molecular complexity index is 589. The highest BCUT2D eigenvalue weighted by Gasteiger charge is 2.16. The second kappa shape index (κ2) is 5.70. The summed E-state index contributed by atoms with van der Waals surface area (Å²) < 4.78 is 15.0.